The third kappa shape index (κ3) is 4.35. The second-order valence-corrected chi connectivity index (χ2v) is 4.88. The molecular formula is C15H21N3O2. The lowest BCUT2D eigenvalue weighted by Crippen LogP contribution is -2.21. The summed E-state index contributed by atoms with van der Waals surface area (Å²) in [6.07, 6.45) is 2.18. The van der Waals surface area contributed by atoms with Gasteiger partial charge in [0.2, 0.25) is 5.89 Å². The Morgan fingerprint density at radius 1 is 1.25 bits per heavy atom. The normalized spacial score (nSPS) is 12.3. The fourth-order valence-corrected chi connectivity index (χ4v) is 1.82. The summed E-state index contributed by atoms with van der Waals surface area (Å²) in [7, 11) is 1.99. The Morgan fingerprint density at radius 3 is 2.60 bits per heavy atom. The van der Waals surface area contributed by atoms with Gasteiger partial charge in [-0.15, -0.1) is 10.2 Å². The second kappa shape index (κ2) is 7.05. The highest BCUT2D eigenvalue weighted by Gasteiger charge is 2.04. The monoisotopic (exact) mass is 275 g/mol. The van der Waals surface area contributed by atoms with E-state index in [4.69, 9.17) is 9.15 Å². The molecular weight excluding hydrogens is 254 g/mol. The Labute approximate surface area is 119 Å². The maximum Gasteiger partial charge on any atom is 0.253 e. The van der Waals surface area contributed by atoms with Crippen molar-refractivity contribution in [2.45, 2.75) is 39.3 Å². The summed E-state index contributed by atoms with van der Waals surface area (Å²) in [4.78, 5) is 0. The quantitative estimate of drug-likeness (QED) is 0.841. The van der Waals surface area contributed by atoms with Crippen LogP contribution in [0.2, 0.25) is 0 Å². The van der Waals surface area contributed by atoms with E-state index in [9.17, 15) is 0 Å². The van der Waals surface area contributed by atoms with Crippen molar-refractivity contribution in [2.75, 3.05) is 7.05 Å². The summed E-state index contributed by atoms with van der Waals surface area (Å²) < 4.78 is 10.9. The number of aromatic nitrogens is 2. The lowest BCUT2D eigenvalue weighted by molar-refractivity contribution is 0.260. The molecule has 108 valence electrons. The summed E-state index contributed by atoms with van der Waals surface area (Å²) in [5.41, 5.74) is 1.31. The van der Waals surface area contributed by atoms with Crippen molar-refractivity contribution in [1.82, 2.24) is 15.5 Å². The van der Waals surface area contributed by atoms with Gasteiger partial charge in [0.1, 0.15) is 5.75 Å². The summed E-state index contributed by atoms with van der Waals surface area (Å²) in [5, 5.41) is 10.9. The molecule has 0 aliphatic heterocycles. The molecule has 0 radical (unpaired) electrons. The lowest BCUT2D eigenvalue weighted by Gasteiger charge is -2.10. The maximum atomic E-state index is 5.60. The molecule has 1 unspecified atom stereocenters. The molecule has 1 aromatic heterocycles. The van der Waals surface area contributed by atoms with Crippen LogP contribution in [0.1, 0.15) is 30.7 Å². The topological polar surface area (TPSA) is 60.2 Å². The molecule has 2 rings (SSSR count). The van der Waals surface area contributed by atoms with Gasteiger partial charge in [0, 0.05) is 13.0 Å². The van der Waals surface area contributed by atoms with Crippen LogP contribution in [-0.4, -0.2) is 23.3 Å². The minimum Gasteiger partial charge on any atom is -0.484 e. The van der Waals surface area contributed by atoms with Gasteiger partial charge >= 0.3 is 0 Å². The number of hydrogen-bond donors (Lipinski definition) is 1. The van der Waals surface area contributed by atoms with Gasteiger partial charge in [-0.3, -0.25) is 0 Å². The summed E-state index contributed by atoms with van der Waals surface area (Å²) >= 11 is 0. The average Bonchev–Trinajstić information content (AvgIpc) is 2.89. The largest absolute Gasteiger partial charge is 0.484 e. The molecule has 0 amide bonds. The van der Waals surface area contributed by atoms with Crippen molar-refractivity contribution in [2.24, 2.45) is 0 Å². The van der Waals surface area contributed by atoms with Crippen molar-refractivity contribution >= 4 is 0 Å². The Balaban J connectivity index is 1.82. The van der Waals surface area contributed by atoms with Gasteiger partial charge in [-0.1, -0.05) is 12.1 Å². The van der Waals surface area contributed by atoms with Crippen LogP contribution in [0.3, 0.4) is 0 Å². The average molecular weight is 275 g/mol. The zero-order chi connectivity index (χ0) is 14.4. The first kappa shape index (κ1) is 14.5. The fourth-order valence-electron chi connectivity index (χ4n) is 1.82. The van der Waals surface area contributed by atoms with E-state index in [1.165, 1.54) is 5.56 Å². The first-order valence-corrected chi connectivity index (χ1v) is 6.85. The van der Waals surface area contributed by atoms with Gasteiger partial charge in [-0.05, 0) is 44.5 Å². The number of aryl methyl sites for hydroxylation is 2. The van der Waals surface area contributed by atoms with Crippen LogP contribution in [0.4, 0.5) is 0 Å². The number of benzene rings is 1. The zero-order valence-corrected chi connectivity index (χ0v) is 12.2. The molecule has 0 bridgehead atoms. The highest BCUT2D eigenvalue weighted by Crippen LogP contribution is 2.15. The molecule has 2 aromatic rings. The SMILES string of the molecule is CNC(C)CCc1ccc(OCc2nnc(C)o2)cc1. The Kier molecular flexibility index (Phi) is 5.12. The van der Waals surface area contributed by atoms with Gasteiger partial charge < -0.3 is 14.5 Å². The van der Waals surface area contributed by atoms with E-state index in [0.717, 1.165) is 18.6 Å². The van der Waals surface area contributed by atoms with E-state index in [2.05, 4.69) is 34.6 Å². The molecule has 0 saturated heterocycles. The first-order chi connectivity index (χ1) is 9.67. The lowest BCUT2D eigenvalue weighted by atomic mass is 10.1. The molecule has 0 aliphatic carbocycles. The van der Waals surface area contributed by atoms with Gasteiger partial charge in [-0.25, -0.2) is 0 Å². The van der Waals surface area contributed by atoms with Gasteiger partial charge in [0.15, 0.2) is 6.61 Å². The molecule has 0 aliphatic rings. The minimum atomic E-state index is 0.303. The highest BCUT2D eigenvalue weighted by atomic mass is 16.5. The molecule has 0 fully saturated rings. The Morgan fingerprint density at radius 2 is 2.00 bits per heavy atom. The predicted molar refractivity (Wildman–Crippen MR) is 76.7 cm³/mol. The molecule has 1 aromatic carbocycles. The molecule has 0 saturated carbocycles. The van der Waals surface area contributed by atoms with Crippen molar-refractivity contribution in [3.8, 4) is 5.75 Å². The van der Waals surface area contributed by atoms with E-state index in [-0.39, 0.29) is 0 Å². The van der Waals surface area contributed by atoms with Crippen LogP contribution in [0, 0.1) is 6.92 Å². The van der Waals surface area contributed by atoms with Crippen LogP contribution in [0.15, 0.2) is 28.7 Å². The third-order valence-electron chi connectivity index (χ3n) is 3.21. The molecule has 5 nitrogen and oxygen atoms in total. The molecule has 1 N–H and O–H groups in total. The molecule has 0 spiro atoms. The summed E-state index contributed by atoms with van der Waals surface area (Å²) in [6, 6.07) is 8.67. The number of nitrogens with one attached hydrogen (secondary N) is 1. The Bertz CT molecular complexity index is 522. The molecule has 20 heavy (non-hydrogen) atoms. The van der Waals surface area contributed by atoms with Crippen molar-refractivity contribution < 1.29 is 9.15 Å². The molecule has 1 heterocycles. The van der Waals surface area contributed by atoms with Gasteiger partial charge in [0.25, 0.3) is 5.89 Å². The zero-order valence-electron chi connectivity index (χ0n) is 12.2. The maximum absolute atomic E-state index is 5.60. The van der Waals surface area contributed by atoms with E-state index in [1.807, 2.05) is 19.2 Å². The number of ether oxygens (including phenoxy) is 1. The third-order valence-corrected chi connectivity index (χ3v) is 3.21. The summed E-state index contributed by atoms with van der Waals surface area (Å²) in [5.74, 6) is 1.86. The van der Waals surface area contributed by atoms with Crippen molar-refractivity contribution in [3.05, 3.63) is 41.6 Å². The highest BCUT2D eigenvalue weighted by molar-refractivity contribution is 5.27. The van der Waals surface area contributed by atoms with Crippen LogP contribution in [0.5, 0.6) is 5.75 Å². The van der Waals surface area contributed by atoms with Crippen molar-refractivity contribution in [1.29, 1.82) is 0 Å². The van der Waals surface area contributed by atoms with Crippen molar-refractivity contribution in [3.63, 3.8) is 0 Å². The van der Waals surface area contributed by atoms with E-state index in [1.54, 1.807) is 6.92 Å². The molecule has 5 heteroatoms. The smallest absolute Gasteiger partial charge is 0.253 e. The van der Waals surface area contributed by atoms with E-state index in [0.29, 0.717) is 24.4 Å². The number of hydrogen-bond acceptors (Lipinski definition) is 5. The molecule has 1 atom stereocenters. The Hall–Kier alpha value is -1.88. The minimum absolute atomic E-state index is 0.303. The van der Waals surface area contributed by atoms with Gasteiger partial charge in [0.05, 0.1) is 0 Å². The standard InChI is InChI=1S/C15H21N3O2/c1-11(16-3)4-5-13-6-8-14(9-7-13)19-10-15-18-17-12(2)20-15/h6-9,11,16H,4-5,10H2,1-3H3. The summed E-state index contributed by atoms with van der Waals surface area (Å²) in [6.45, 7) is 4.25. The van der Waals surface area contributed by atoms with E-state index >= 15 is 0 Å². The van der Waals surface area contributed by atoms with E-state index < -0.39 is 0 Å². The van der Waals surface area contributed by atoms with Crippen LogP contribution < -0.4 is 10.1 Å². The predicted octanol–water partition coefficient (Wildman–Crippen LogP) is 2.50. The van der Waals surface area contributed by atoms with Gasteiger partial charge in [-0.2, -0.15) is 0 Å². The fraction of sp³-hybridized carbons (Fsp3) is 0.467. The first-order valence-electron chi connectivity index (χ1n) is 6.85. The number of rotatable bonds is 7. The van der Waals surface area contributed by atoms with Crippen LogP contribution in [0.25, 0.3) is 0 Å². The van der Waals surface area contributed by atoms with Crippen LogP contribution >= 0.6 is 0 Å². The second-order valence-electron chi connectivity index (χ2n) is 4.88. The number of nitrogens with zero attached hydrogens (tertiary/aromatic N) is 2. The van der Waals surface area contributed by atoms with Crippen LogP contribution in [-0.2, 0) is 13.0 Å².